The molecule has 0 aromatic rings. The van der Waals surface area contributed by atoms with Crippen LogP contribution in [0.25, 0.3) is 0 Å². The Bertz CT molecular complexity index is 159. The fourth-order valence-electron chi connectivity index (χ4n) is 1.01. The molecule has 4 heteroatoms. The number of hydrogen-bond acceptors (Lipinski definition) is 3. The van der Waals surface area contributed by atoms with Crippen molar-refractivity contribution in [3.8, 4) is 0 Å². The van der Waals surface area contributed by atoms with Gasteiger partial charge in [-0.2, -0.15) is 0 Å². The van der Waals surface area contributed by atoms with Crippen LogP contribution in [0.1, 0.15) is 41.5 Å². The molecule has 0 aliphatic heterocycles. The van der Waals surface area contributed by atoms with E-state index in [1.165, 1.54) is 0 Å². The van der Waals surface area contributed by atoms with Crippen molar-refractivity contribution >= 4 is 7.28 Å². The molecule has 0 rings (SSSR count). The molecule has 0 unspecified atom stereocenters. The van der Waals surface area contributed by atoms with Crippen molar-refractivity contribution in [2.24, 2.45) is 0 Å². The van der Waals surface area contributed by atoms with Crippen LogP contribution in [-0.2, 0) is 0 Å². The Hall–Kier alpha value is 0.310. The van der Waals surface area contributed by atoms with Gasteiger partial charge in [-0.25, -0.2) is 0 Å². The summed E-state index contributed by atoms with van der Waals surface area (Å²) in [4.78, 5) is 29.7. The summed E-state index contributed by atoms with van der Waals surface area (Å²) in [6.07, 6.45) is 0. The first kappa shape index (κ1) is 12.3. The fourth-order valence-corrected chi connectivity index (χ4v) is 3.02. The van der Waals surface area contributed by atoms with Crippen molar-refractivity contribution in [2.45, 2.75) is 51.9 Å². The second kappa shape index (κ2) is 2.42. The van der Waals surface area contributed by atoms with Gasteiger partial charge in [0.2, 0.25) is 0 Å². The first-order valence-corrected chi connectivity index (χ1v) is 6.14. The molecule has 0 aromatic carbocycles. The predicted octanol–water partition coefficient (Wildman–Crippen LogP) is 1.86. The topological polar surface area (TPSA) is 60.7 Å². The van der Waals surface area contributed by atoms with Gasteiger partial charge in [-0.1, -0.05) is 0 Å². The minimum absolute atomic E-state index is 0.885. The van der Waals surface area contributed by atoms with E-state index in [9.17, 15) is 14.7 Å². The van der Waals surface area contributed by atoms with E-state index in [2.05, 4.69) is 0 Å². The van der Waals surface area contributed by atoms with E-state index in [4.69, 9.17) is 0 Å². The first-order chi connectivity index (χ1) is 4.79. The molecule has 12 heavy (non-hydrogen) atoms. The molecule has 3 N–H and O–H groups in total. The molecule has 0 aliphatic carbocycles. The quantitative estimate of drug-likeness (QED) is 0.518. The molecule has 0 saturated heterocycles. The zero-order valence-electron chi connectivity index (χ0n) is 8.79. The van der Waals surface area contributed by atoms with E-state index < -0.39 is 17.6 Å². The molecular weight excluding hydrogens is 175 g/mol. The standard InChI is InChI=1S/C8H21O3P/c1-7(2,3)12(9,10,11)8(4,5)6/h9-11H,1-6H3. The number of rotatable bonds is 0. The van der Waals surface area contributed by atoms with Crippen molar-refractivity contribution in [1.82, 2.24) is 0 Å². The van der Waals surface area contributed by atoms with E-state index in [1.807, 2.05) is 0 Å². The molecule has 0 radical (unpaired) electrons. The molecular formula is C8H21O3P. The first-order valence-electron chi connectivity index (χ1n) is 4.05. The van der Waals surface area contributed by atoms with Crippen LogP contribution in [-0.4, -0.2) is 25.0 Å². The van der Waals surface area contributed by atoms with Crippen LogP contribution in [0, 0.1) is 0 Å². The predicted molar refractivity (Wildman–Crippen MR) is 53.1 cm³/mol. The van der Waals surface area contributed by atoms with E-state index >= 15 is 0 Å². The van der Waals surface area contributed by atoms with Crippen LogP contribution in [0.4, 0.5) is 0 Å². The summed E-state index contributed by atoms with van der Waals surface area (Å²) in [6.45, 7) is 9.81. The molecule has 0 atom stereocenters. The van der Waals surface area contributed by atoms with Crippen molar-refractivity contribution in [1.29, 1.82) is 0 Å². The summed E-state index contributed by atoms with van der Waals surface area (Å²) < 4.78 is 0. The third-order valence-corrected chi connectivity index (χ3v) is 7.41. The summed E-state index contributed by atoms with van der Waals surface area (Å²) in [5.74, 6) is 0. The SMILES string of the molecule is CC(C)(C)P(O)(O)(O)C(C)(C)C. The minimum atomic E-state index is -4.58. The van der Waals surface area contributed by atoms with Gasteiger partial charge in [0.25, 0.3) is 0 Å². The fraction of sp³-hybridized carbons (Fsp3) is 1.00. The maximum absolute atomic E-state index is 9.89. The van der Waals surface area contributed by atoms with Gasteiger partial charge in [0.05, 0.1) is 0 Å². The Morgan fingerprint density at radius 2 is 0.833 bits per heavy atom. The van der Waals surface area contributed by atoms with Gasteiger partial charge in [-0.05, 0) is 0 Å². The van der Waals surface area contributed by atoms with Crippen LogP contribution < -0.4 is 0 Å². The Morgan fingerprint density at radius 1 is 0.667 bits per heavy atom. The third kappa shape index (κ3) is 1.51. The van der Waals surface area contributed by atoms with Crippen molar-refractivity contribution < 1.29 is 14.7 Å². The average molecular weight is 196 g/mol. The van der Waals surface area contributed by atoms with Crippen molar-refractivity contribution in [2.75, 3.05) is 0 Å². The van der Waals surface area contributed by atoms with Crippen LogP contribution in [0.2, 0.25) is 0 Å². The Kier molecular flexibility index (Phi) is 2.48. The normalized spacial score (nSPS) is 18.6. The molecule has 0 bridgehead atoms. The molecule has 76 valence electrons. The van der Waals surface area contributed by atoms with Gasteiger partial charge in [0.15, 0.2) is 0 Å². The summed E-state index contributed by atoms with van der Waals surface area (Å²) in [5, 5.41) is -1.77. The third-order valence-electron chi connectivity index (χ3n) is 2.47. The molecule has 0 spiro atoms. The zero-order chi connectivity index (χ0) is 10.4. The summed E-state index contributed by atoms with van der Waals surface area (Å²) in [7, 11) is -4.58. The van der Waals surface area contributed by atoms with Gasteiger partial charge in [-0.3, -0.25) is 0 Å². The van der Waals surface area contributed by atoms with Gasteiger partial charge in [0.1, 0.15) is 0 Å². The maximum atomic E-state index is 9.89. The Balaban J connectivity index is 5.29. The van der Waals surface area contributed by atoms with Gasteiger partial charge in [0, 0.05) is 0 Å². The van der Waals surface area contributed by atoms with Gasteiger partial charge >= 0.3 is 73.8 Å². The molecule has 3 nitrogen and oxygen atoms in total. The summed E-state index contributed by atoms with van der Waals surface area (Å²) >= 11 is 0. The van der Waals surface area contributed by atoms with Crippen LogP contribution in [0.5, 0.6) is 0 Å². The van der Waals surface area contributed by atoms with Gasteiger partial charge in [-0.15, -0.1) is 0 Å². The number of hydrogen-bond donors (Lipinski definition) is 3. The summed E-state index contributed by atoms with van der Waals surface area (Å²) in [5.41, 5.74) is 0. The van der Waals surface area contributed by atoms with E-state index in [0.717, 1.165) is 0 Å². The van der Waals surface area contributed by atoms with Crippen LogP contribution in [0.15, 0.2) is 0 Å². The van der Waals surface area contributed by atoms with E-state index in [-0.39, 0.29) is 0 Å². The monoisotopic (exact) mass is 196 g/mol. The van der Waals surface area contributed by atoms with E-state index in [0.29, 0.717) is 0 Å². The van der Waals surface area contributed by atoms with Crippen molar-refractivity contribution in [3.63, 3.8) is 0 Å². The molecule has 0 fully saturated rings. The Labute approximate surface area is 74.6 Å². The van der Waals surface area contributed by atoms with Crippen molar-refractivity contribution in [3.05, 3.63) is 0 Å². The molecule has 0 heterocycles. The van der Waals surface area contributed by atoms with Crippen LogP contribution >= 0.6 is 7.28 Å². The molecule has 0 saturated carbocycles. The zero-order valence-corrected chi connectivity index (χ0v) is 9.68. The second-order valence-corrected chi connectivity index (χ2v) is 9.97. The molecule has 0 amide bonds. The average Bonchev–Trinajstić information content (AvgIpc) is 1.55. The summed E-state index contributed by atoms with van der Waals surface area (Å²) in [6, 6.07) is 0. The molecule has 0 aliphatic rings. The molecule has 0 aromatic heterocycles. The second-order valence-electron chi connectivity index (χ2n) is 5.32. The Morgan fingerprint density at radius 3 is 0.833 bits per heavy atom. The van der Waals surface area contributed by atoms with Crippen LogP contribution in [0.3, 0.4) is 0 Å². The van der Waals surface area contributed by atoms with Gasteiger partial charge < -0.3 is 0 Å². The van der Waals surface area contributed by atoms with E-state index in [1.54, 1.807) is 41.5 Å².